The van der Waals surface area contributed by atoms with Crippen molar-refractivity contribution in [3.05, 3.63) is 10.6 Å². The summed E-state index contributed by atoms with van der Waals surface area (Å²) in [5.74, 6) is 2.62. The van der Waals surface area contributed by atoms with Gasteiger partial charge in [0.15, 0.2) is 5.13 Å². The van der Waals surface area contributed by atoms with Gasteiger partial charge in [-0.3, -0.25) is 0 Å². The van der Waals surface area contributed by atoms with E-state index >= 15 is 0 Å². The molecule has 4 heteroatoms. The van der Waals surface area contributed by atoms with Crippen molar-refractivity contribution in [2.45, 2.75) is 25.3 Å². The maximum atomic E-state index is 5.93. The van der Waals surface area contributed by atoms with Crippen molar-refractivity contribution in [3.63, 3.8) is 0 Å². The van der Waals surface area contributed by atoms with Crippen LogP contribution < -0.4 is 10.6 Å². The smallest absolute Gasteiger partial charge is 0.186 e. The average Bonchev–Trinajstić information content (AvgIpc) is 2.60. The average molecular weight is 221 g/mol. The standard InChI is InChI=1S/C11H15N3S/c1-3-6-14(2)11-13-9-5-4-8(12)7-10(9)15-11/h1,8H,4-7,12H2,2H3/t8-/m0/s1. The third kappa shape index (κ3) is 2.14. The van der Waals surface area contributed by atoms with Crippen LogP contribution in [0.4, 0.5) is 5.13 Å². The van der Waals surface area contributed by atoms with E-state index in [1.807, 2.05) is 11.9 Å². The summed E-state index contributed by atoms with van der Waals surface area (Å²) in [5.41, 5.74) is 7.15. The first kappa shape index (κ1) is 10.5. The Hall–Kier alpha value is -1.05. The molecule has 1 aromatic rings. The van der Waals surface area contributed by atoms with E-state index in [0.29, 0.717) is 12.6 Å². The molecule has 0 aliphatic heterocycles. The van der Waals surface area contributed by atoms with E-state index in [2.05, 4.69) is 10.9 Å². The molecule has 0 fully saturated rings. The molecule has 0 amide bonds. The van der Waals surface area contributed by atoms with E-state index in [-0.39, 0.29) is 0 Å². The molecule has 1 aromatic heterocycles. The third-order valence-electron chi connectivity index (χ3n) is 2.62. The largest absolute Gasteiger partial charge is 0.340 e. The summed E-state index contributed by atoms with van der Waals surface area (Å²) >= 11 is 1.73. The molecule has 0 bridgehead atoms. The van der Waals surface area contributed by atoms with E-state index in [4.69, 9.17) is 12.2 Å². The number of hydrogen-bond donors (Lipinski definition) is 1. The Morgan fingerprint density at radius 2 is 2.53 bits per heavy atom. The van der Waals surface area contributed by atoms with Crippen LogP contribution in [0.3, 0.4) is 0 Å². The summed E-state index contributed by atoms with van der Waals surface area (Å²) in [6.45, 7) is 0.610. The molecule has 0 radical (unpaired) electrons. The lowest BCUT2D eigenvalue weighted by Gasteiger charge is -2.15. The zero-order valence-corrected chi connectivity index (χ0v) is 9.68. The topological polar surface area (TPSA) is 42.2 Å². The summed E-state index contributed by atoms with van der Waals surface area (Å²) in [4.78, 5) is 7.95. The zero-order chi connectivity index (χ0) is 10.8. The second-order valence-corrected chi connectivity index (χ2v) is 4.99. The maximum Gasteiger partial charge on any atom is 0.186 e. The van der Waals surface area contributed by atoms with Crippen molar-refractivity contribution in [2.24, 2.45) is 5.73 Å². The number of aryl methyl sites for hydroxylation is 1. The van der Waals surface area contributed by atoms with Gasteiger partial charge in [-0.05, 0) is 19.3 Å². The summed E-state index contributed by atoms with van der Waals surface area (Å²) < 4.78 is 0. The Bertz CT molecular complexity index is 391. The van der Waals surface area contributed by atoms with E-state index in [1.165, 1.54) is 10.6 Å². The highest BCUT2D eigenvalue weighted by Crippen LogP contribution is 2.30. The van der Waals surface area contributed by atoms with Gasteiger partial charge in [0.2, 0.25) is 0 Å². The van der Waals surface area contributed by atoms with Crippen molar-refractivity contribution in [1.82, 2.24) is 4.98 Å². The molecular weight excluding hydrogens is 206 g/mol. The molecule has 1 aliphatic carbocycles. The van der Waals surface area contributed by atoms with Crippen LogP contribution in [-0.2, 0) is 12.8 Å². The molecule has 2 N–H and O–H groups in total. The molecule has 0 unspecified atom stereocenters. The normalized spacial score (nSPS) is 19.4. The lowest BCUT2D eigenvalue weighted by molar-refractivity contribution is 0.576. The van der Waals surface area contributed by atoms with Gasteiger partial charge in [0.1, 0.15) is 0 Å². The van der Waals surface area contributed by atoms with Gasteiger partial charge in [0.25, 0.3) is 0 Å². The minimum Gasteiger partial charge on any atom is -0.340 e. The van der Waals surface area contributed by atoms with Gasteiger partial charge in [-0.2, -0.15) is 0 Å². The van der Waals surface area contributed by atoms with Crippen LogP contribution >= 0.6 is 11.3 Å². The first-order valence-electron chi connectivity index (χ1n) is 5.09. The first-order chi connectivity index (χ1) is 7.20. The number of nitrogens with two attached hydrogens (primary N) is 1. The summed E-state index contributed by atoms with van der Waals surface area (Å²) in [7, 11) is 1.98. The number of hydrogen-bond acceptors (Lipinski definition) is 4. The molecular formula is C11H15N3S. The molecule has 1 heterocycles. The van der Waals surface area contributed by atoms with Crippen LogP contribution in [0.25, 0.3) is 0 Å². The van der Waals surface area contributed by atoms with Crippen LogP contribution in [0.1, 0.15) is 17.0 Å². The number of rotatable bonds is 2. The van der Waals surface area contributed by atoms with Gasteiger partial charge >= 0.3 is 0 Å². The van der Waals surface area contributed by atoms with Gasteiger partial charge < -0.3 is 10.6 Å². The molecule has 0 saturated heterocycles. The van der Waals surface area contributed by atoms with Crippen molar-refractivity contribution < 1.29 is 0 Å². The number of fused-ring (bicyclic) bond motifs is 1. The Labute approximate surface area is 94.3 Å². The van der Waals surface area contributed by atoms with Gasteiger partial charge in [0.05, 0.1) is 12.2 Å². The SMILES string of the molecule is C#CCN(C)c1nc2c(s1)C[C@@H](N)CC2. The van der Waals surface area contributed by atoms with Gasteiger partial charge in [-0.1, -0.05) is 5.92 Å². The van der Waals surface area contributed by atoms with Crippen LogP contribution in [-0.4, -0.2) is 24.6 Å². The van der Waals surface area contributed by atoms with E-state index in [0.717, 1.165) is 24.4 Å². The van der Waals surface area contributed by atoms with Crippen molar-refractivity contribution in [2.75, 3.05) is 18.5 Å². The maximum absolute atomic E-state index is 5.93. The second kappa shape index (κ2) is 4.21. The molecule has 0 aromatic carbocycles. The first-order valence-corrected chi connectivity index (χ1v) is 5.91. The second-order valence-electron chi connectivity index (χ2n) is 3.93. The number of thiazole rings is 1. The van der Waals surface area contributed by atoms with Crippen LogP contribution in [0, 0.1) is 12.3 Å². The Balaban J connectivity index is 2.19. The highest BCUT2D eigenvalue weighted by molar-refractivity contribution is 7.15. The summed E-state index contributed by atoms with van der Waals surface area (Å²) in [5, 5.41) is 1.02. The summed E-state index contributed by atoms with van der Waals surface area (Å²) in [6.07, 6.45) is 8.31. The monoisotopic (exact) mass is 221 g/mol. The minimum atomic E-state index is 0.309. The molecule has 1 aliphatic rings. The number of anilines is 1. The number of aromatic nitrogens is 1. The van der Waals surface area contributed by atoms with Crippen molar-refractivity contribution in [3.8, 4) is 12.3 Å². The van der Waals surface area contributed by atoms with Crippen molar-refractivity contribution >= 4 is 16.5 Å². The van der Waals surface area contributed by atoms with Gasteiger partial charge in [-0.15, -0.1) is 17.8 Å². The third-order valence-corrected chi connectivity index (χ3v) is 3.86. The highest BCUT2D eigenvalue weighted by Gasteiger charge is 2.20. The molecule has 80 valence electrons. The fourth-order valence-electron chi connectivity index (χ4n) is 1.75. The lowest BCUT2D eigenvalue weighted by atomic mass is 9.99. The van der Waals surface area contributed by atoms with E-state index in [9.17, 15) is 0 Å². The van der Waals surface area contributed by atoms with E-state index in [1.54, 1.807) is 11.3 Å². The highest BCUT2D eigenvalue weighted by atomic mass is 32.1. The molecule has 1 atom stereocenters. The van der Waals surface area contributed by atoms with Crippen molar-refractivity contribution in [1.29, 1.82) is 0 Å². The van der Waals surface area contributed by atoms with Gasteiger partial charge in [-0.25, -0.2) is 4.98 Å². The Kier molecular flexibility index (Phi) is 2.94. The fraction of sp³-hybridized carbons (Fsp3) is 0.545. The zero-order valence-electron chi connectivity index (χ0n) is 8.86. The predicted octanol–water partition coefficient (Wildman–Crippen LogP) is 1.03. The van der Waals surface area contributed by atoms with Gasteiger partial charge in [0, 0.05) is 18.0 Å². The predicted molar refractivity (Wildman–Crippen MR) is 64.2 cm³/mol. The molecule has 0 saturated carbocycles. The number of terminal acetylenes is 1. The minimum absolute atomic E-state index is 0.309. The fourth-order valence-corrected chi connectivity index (χ4v) is 2.91. The van der Waals surface area contributed by atoms with Crippen LogP contribution in [0.15, 0.2) is 0 Å². The quantitative estimate of drug-likeness (QED) is 0.758. The Morgan fingerprint density at radius 1 is 1.73 bits per heavy atom. The number of nitrogens with zero attached hydrogens (tertiary/aromatic N) is 2. The molecule has 3 nitrogen and oxygen atoms in total. The Morgan fingerprint density at radius 3 is 3.27 bits per heavy atom. The van der Waals surface area contributed by atoms with Crippen LogP contribution in [0.2, 0.25) is 0 Å². The van der Waals surface area contributed by atoms with E-state index < -0.39 is 0 Å². The summed E-state index contributed by atoms with van der Waals surface area (Å²) in [6, 6.07) is 0.309. The molecule has 15 heavy (non-hydrogen) atoms. The molecule has 2 rings (SSSR count). The molecule has 0 spiro atoms. The lowest BCUT2D eigenvalue weighted by Crippen LogP contribution is -2.27. The van der Waals surface area contributed by atoms with Crippen LogP contribution in [0.5, 0.6) is 0 Å².